The minimum atomic E-state index is -0.793. The molecule has 2 aliphatic rings. The highest BCUT2D eigenvalue weighted by Crippen LogP contribution is 2.43. The maximum absolute atomic E-state index is 13.2. The quantitative estimate of drug-likeness (QED) is 0.513. The summed E-state index contributed by atoms with van der Waals surface area (Å²) in [6, 6.07) is 9.76. The van der Waals surface area contributed by atoms with Crippen LogP contribution in [0.2, 0.25) is 5.02 Å². The Morgan fingerprint density at radius 1 is 1.16 bits per heavy atom. The van der Waals surface area contributed by atoms with Crippen LogP contribution >= 0.6 is 11.6 Å². The van der Waals surface area contributed by atoms with E-state index in [1.54, 1.807) is 24.3 Å². The number of hydrogen-bond acceptors (Lipinski definition) is 4. The van der Waals surface area contributed by atoms with Gasteiger partial charge in [-0.3, -0.25) is 14.9 Å². The fourth-order valence-electron chi connectivity index (χ4n) is 4.55. The molecule has 0 aliphatic carbocycles. The third kappa shape index (κ3) is 3.69. The molecule has 0 radical (unpaired) electrons. The van der Waals surface area contributed by atoms with Crippen molar-refractivity contribution < 1.29 is 14.4 Å². The summed E-state index contributed by atoms with van der Waals surface area (Å²) >= 11 is 6.03. The number of anilines is 2. The van der Waals surface area contributed by atoms with Crippen molar-refractivity contribution in [2.75, 3.05) is 16.8 Å². The number of nitrogens with one attached hydrogen (secondary N) is 1. The van der Waals surface area contributed by atoms with Gasteiger partial charge in [0.2, 0.25) is 0 Å². The van der Waals surface area contributed by atoms with E-state index in [1.165, 1.54) is 11.6 Å². The second-order valence-corrected chi connectivity index (χ2v) is 9.62. The summed E-state index contributed by atoms with van der Waals surface area (Å²) in [5.41, 5.74) is 4.31. The number of hydrogen-bond donors (Lipinski definition) is 1. The SMILES string of the molecule is Cc1cc2c(cc1/C=C1/C(=O)NC(=O)N(c3cccc(Cl)c3)C1=O)C(C)CC(C)(C)N2C. The predicted octanol–water partition coefficient (Wildman–Crippen LogP) is 5.04. The number of carbonyl (C=O) groups is 3. The third-order valence-electron chi connectivity index (χ3n) is 6.49. The summed E-state index contributed by atoms with van der Waals surface area (Å²) in [5, 5.41) is 2.65. The normalized spacial score (nSPS) is 21.6. The molecule has 4 amide bonds. The van der Waals surface area contributed by atoms with Crippen molar-refractivity contribution in [3.05, 3.63) is 63.7 Å². The minimum absolute atomic E-state index is 0.0376. The Balaban J connectivity index is 1.78. The summed E-state index contributed by atoms with van der Waals surface area (Å²) in [5.74, 6) is -1.06. The van der Waals surface area contributed by atoms with Crippen molar-refractivity contribution in [3.8, 4) is 0 Å². The van der Waals surface area contributed by atoms with Crippen LogP contribution < -0.4 is 15.1 Å². The van der Waals surface area contributed by atoms with Crippen molar-refractivity contribution in [2.24, 2.45) is 0 Å². The number of rotatable bonds is 2. The molecular formula is C25H26ClN3O3. The standard InChI is InChI=1S/C25H26ClN3O3/c1-14-9-21-19(15(2)13-25(3,4)28(21)5)10-16(14)11-20-22(30)27-24(32)29(23(20)31)18-8-6-7-17(26)12-18/h6-12,15H,13H2,1-5H3,(H,27,30,32)/b20-11-. The molecule has 0 saturated carbocycles. The average Bonchev–Trinajstić information content (AvgIpc) is 2.69. The molecule has 2 aliphatic heterocycles. The zero-order valence-corrected chi connectivity index (χ0v) is 19.6. The van der Waals surface area contributed by atoms with Gasteiger partial charge in [-0.2, -0.15) is 0 Å². The van der Waals surface area contributed by atoms with E-state index < -0.39 is 17.8 Å². The van der Waals surface area contributed by atoms with E-state index in [-0.39, 0.29) is 11.1 Å². The highest BCUT2D eigenvalue weighted by Gasteiger charge is 2.38. The molecule has 2 aromatic carbocycles. The second kappa shape index (κ2) is 7.78. The van der Waals surface area contributed by atoms with Crippen LogP contribution in [-0.4, -0.2) is 30.4 Å². The molecule has 32 heavy (non-hydrogen) atoms. The molecule has 0 bridgehead atoms. The lowest BCUT2D eigenvalue weighted by atomic mass is 9.79. The molecule has 1 unspecified atom stereocenters. The molecule has 6 nitrogen and oxygen atoms in total. The van der Waals surface area contributed by atoms with E-state index >= 15 is 0 Å². The van der Waals surface area contributed by atoms with Gasteiger partial charge < -0.3 is 4.90 Å². The molecule has 4 rings (SSSR count). The van der Waals surface area contributed by atoms with Crippen LogP contribution in [0.5, 0.6) is 0 Å². The Bertz CT molecular complexity index is 1180. The first-order chi connectivity index (χ1) is 15.0. The third-order valence-corrected chi connectivity index (χ3v) is 6.72. The number of urea groups is 1. The first-order valence-electron chi connectivity index (χ1n) is 10.5. The Morgan fingerprint density at radius 2 is 1.88 bits per heavy atom. The van der Waals surface area contributed by atoms with Gasteiger partial charge in [0, 0.05) is 23.3 Å². The lowest BCUT2D eigenvalue weighted by molar-refractivity contribution is -0.122. The number of amides is 4. The second-order valence-electron chi connectivity index (χ2n) is 9.18. The number of nitrogens with zero attached hydrogens (tertiary/aromatic N) is 2. The largest absolute Gasteiger partial charge is 0.369 e. The summed E-state index contributed by atoms with van der Waals surface area (Å²) in [4.78, 5) is 41.4. The topological polar surface area (TPSA) is 69.7 Å². The van der Waals surface area contributed by atoms with Crippen LogP contribution in [0.4, 0.5) is 16.2 Å². The van der Waals surface area contributed by atoms with Gasteiger partial charge in [0.15, 0.2) is 0 Å². The lowest BCUT2D eigenvalue weighted by Gasteiger charge is -2.45. The summed E-state index contributed by atoms with van der Waals surface area (Å²) in [6.07, 6.45) is 2.57. The number of fused-ring (bicyclic) bond motifs is 1. The summed E-state index contributed by atoms with van der Waals surface area (Å²) < 4.78 is 0. The Hall–Kier alpha value is -3.12. The predicted molar refractivity (Wildman–Crippen MR) is 127 cm³/mol. The van der Waals surface area contributed by atoms with Crippen molar-refractivity contribution in [2.45, 2.75) is 45.6 Å². The van der Waals surface area contributed by atoms with Crippen molar-refractivity contribution >= 4 is 46.9 Å². The number of aryl methyl sites for hydroxylation is 1. The van der Waals surface area contributed by atoms with Crippen molar-refractivity contribution in [1.82, 2.24) is 5.32 Å². The van der Waals surface area contributed by atoms with Crippen molar-refractivity contribution in [3.63, 3.8) is 0 Å². The van der Waals surface area contributed by atoms with Gasteiger partial charge in [-0.15, -0.1) is 0 Å². The van der Waals surface area contributed by atoms with Gasteiger partial charge in [-0.05, 0) is 86.2 Å². The van der Waals surface area contributed by atoms with Gasteiger partial charge >= 0.3 is 6.03 Å². The van der Waals surface area contributed by atoms with Gasteiger partial charge in [0.1, 0.15) is 5.57 Å². The number of barbiturate groups is 1. The van der Waals surface area contributed by atoms with E-state index in [4.69, 9.17) is 11.6 Å². The fourth-order valence-corrected chi connectivity index (χ4v) is 4.74. The van der Waals surface area contributed by atoms with E-state index in [1.807, 2.05) is 6.92 Å². The minimum Gasteiger partial charge on any atom is -0.369 e. The zero-order chi connectivity index (χ0) is 23.4. The first kappa shape index (κ1) is 22.1. The van der Waals surface area contributed by atoms with Crippen LogP contribution in [0.1, 0.15) is 49.8 Å². The van der Waals surface area contributed by atoms with Crippen LogP contribution in [-0.2, 0) is 9.59 Å². The molecule has 166 valence electrons. The molecule has 0 aromatic heterocycles. The zero-order valence-electron chi connectivity index (χ0n) is 18.8. The monoisotopic (exact) mass is 451 g/mol. The van der Waals surface area contributed by atoms with Gasteiger partial charge in [-0.25, -0.2) is 9.69 Å². The Morgan fingerprint density at radius 3 is 2.56 bits per heavy atom. The maximum atomic E-state index is 13.2. The number of benzene rings is 2. The van der Waals surface area contributed by atoms with Crippen LogP contribution in [0, 0.1) is 6.92 Å². The highest BCUT2D eigenvalue weighted by molar-refractivity contribution is 6.39. The molecule has 2 aromatic rings. The molecule has 0 spiro atoms. The van der Waals surface area contributed by atoms with Gasteiger partial charge in [0.05, 0.1) is 5.69 Å². The van der Waals surface area contributed by atoms with Crippen LogP contribution in [0.15, 0.2) is 42.0 Å². The van der Waals surface area contributed by atoms with Crippen molar-refractivity contribution in [1.29, 1.82) is 0 Å². The number of carbonyl (C=O) groups excluding carboxylic acids is 3. The van der Waals surface area contributed by atoms with Crippen LogP contribution in [0.25, 0.3) is 6.08 Å². The molecular weight excluding hydrogens is 426 g/mol. The number of imide groups is 2. The number of halogens is 1. The Labute approximate surface area is 192 Å². The van der Waals surface area contributed by atoms with E-state index in [9.17, 15) is 14.4 Å². The Kier molecular flexibility index (Phi) is 5.37. The first-order valence-corrected chi connectivity index (χ1v) is 10.9. The van der Waals surface area contributed by atoms with Gasteiger partial charge in [-0.1, -0.05) is 24.6 Å². The molecule has 1 fully saturated rings. The highest BCUT2D eigenvalue weighted by atomic mass is 35.5. The molecule has 2 heterocycles. The molecule has 7 heteroatoms. The van der Waals surface area contributed by atoms with E-state index in [2.05, 4.69) is 50.2 Å². The van der Waals surface area contributed by atoms with Crippen LogP contribution in [0.3, 0.4) is 0 Å². The maximum Gasteiger partial charge on any atom is 0.335 e. The average molecular weight is 452 g/mol. The molecule has 1 saturated heterocycles. The summed E-state index contributed by atoms with van der Waals surface area (Å²) in [7, 11) is 2.09. The van der Waals surface area contributed by atoms with E-state index in [0.717, 1.165) is 28.1 Å². The fraction of sp³-hybridized carbons (Fsp3) is 0.320. The van der Waals surface area contributed by atoms with E-state index in [0.29, 0.717) is 16.6 Å². The molecule has 1 atom stereocenters. The smallest absolute Gasteiger partial charge is 0.335 e. The lowest BCUT2D eigenvalue weighted by Crippen LogP contribution is -2.54. The van der Waals surface area contributed by atoms with Gasteiger partial charge in [0.25, 0.3) is 11.8 Å². The summed E-state index contributed by atoms with van der Waals surface area (Å²) in [6.45, 7) is 8.60. The molecule has 1 N–H and O–H groups in total.